The van der Waals surface area contributed by atoms with Crippen LogP contribution < -0.4 is 4.74 Å². The number of phenols is 1. The second-order valence-corrected chi connectivity index (χ2v) is 10.4. The minimum Gasteiger partial charge on any atom is -0.508 e. The van der Waals surface area contributed by atoms with Gasteiger partial charge in [0, 0.05) is 6.54 Å². The fourth-order valence-electron chi connectivity index (χ4n) is 6.07. The first kappa shape index (κ1) is 23.9. The van der Waals surface area contributed by atoms with Crippen molar-refractivity contribution in [3.63, 3.8) is 0 Å². The van der Waals surface area contributed by atoms with Crippen LogP contribution in [0.25, 0.3) is 0 Å². The quantitative estimate of drug-likeness (QED) is 0.418. The maximum absolute atomic E-state index is 13.8. The van der Waals surface area contributed by atoms with Crippen molar-refractivity contribution in [2.75, 3.05) is 26.2 Å². The molecule has 0 amide bonds. The average molecular weight is 474 g/mol. The number of piperidine rings is 1. The molecule has 2 atom stereocenters. The van der Waals surface area contributed by atoms with Gasteiger partial charge in [-0.25, -0.2) is 4.39 Å². The number of likely N-dealkylation sites (tertiary alicyclic amines) is 1. The van der Waals surface area contributed by atoms with E-state index >= 15 is 0 Å². The van der Waals surface area contributed by atoms with E-state index in [4.69, 9.17) is 4.74 Å². The molecule has 2 aliphatic rings. The number of benzene rings is 3. The monoisotopic (exact) mass is 473 g/mol. The highest BCUT2D eigenvalue weighted by Gasteiger charge is 2.41. The van der Waals surface area contributed by atoms with Crippen molar-refractivity contribution < 1.29 is 14.2 Å². The maximum Gasteiger partial charge on any atom is 0.123 e. The second-order valence-electron chi connectivity index (χ2n) is 10.4. The van der Waals surface area contributed by atoms with E-state index in [1.165, 1.54) is 49.0 Å². The Hall–Kier alpha value is -2.85. The van der Waals surface area contributed by atoms with Gasteiger partial charge < -0.3 is 9.84 Å². The van der Waals surface area contributed by atoms with E-state index in [-0.39, 0.29) is 17.2 Å². The van der Waals surface area contributed by atoms with Gasteiger partial charge in [-0.05, 0) is 109 Å². The molecule has 1 N–H and O–H groups in total. The van der Waals surface area contributed by atoms with E-state index in [0.29, 0.717) is 12.4 Å². The van der Waals surface area contributed by atoms with Crippen molar-refractivity contribution in [2.24, 2.45) is 0 Å². The van der Waals surface area contributed by atoms with Crippen LogP contribution in [0.2, 0.25) is 0 Å². The van der Waals surface area contributed by atoms with Gasteiger partial charge in [0.1, 0.15) is 23.9 Å². The number of fused-ring (bicyclic) bond motifs is 1. The lowest BCUT2D eigenvalue weighted by Gasteiger charge is -2.44. The molecule has 5 rings (SSSR count). The molecule has 1 saturated heterocycles. The number of phenolic OH excluding ortho intramolecular Hbond substituents is 1. The van der Waals surface area contributed by atoms with E-state index in [1.807, 2.05) is 24.3 Å². The molecule has 0 radical (unpaired) electrons. The highest BCUT2D eigenvalue weighted by Crippen LogP contribution is 2.50. The fourth-order valence-corrected chi connectivity index (χ4v) is 6.07. The number of aryl methyl sites for hydroxylation is 1. The maximum atomic E-state index is 13.8. The normalized spacial score (nSPS) is 22.5. The summed E-state index contributed by atoms with van der Waals surface area (Å²) in [6.45, 7) is 6.31. The molecule has 1 heterocycles. The first-order valence-electron chi connectivity index (χ1n) is 13.0. The van der Waals surface area contributed by atoms with Gasteiger partial charge in [0.15, 0.2) is 0 Å². The predicted octanol–water partition coefficient (Wildman–Crippen LogP) is 6.63. The molecule has 0 spiro atoms. The SMILES string of the molecule is CC1(c2ccc(F)cc2)CCc2cc(O)ccc2C1Cc1ccccc1OCCN1CCCCC1. The number of para-hydroxylation sites is 1. The molecule has 3 nitrogen and oxygen atoms in total. The summed E-state index contributed by atoms with van der Waals surface area (Å²) >= 11 is 0. The Morgan fingerprint density at radius 1 is 1.00 bits per heavy atom. The zero-order valence-electron chi connectivity index (χ0n) is 20.7. The second kappa shape index (κ2) is 10.4. The van der Waals surface area contributed by atoms with Gasteiger partial charge in [0.2, 0.25) is 0 Å². The molecule has 2 unspecified atom stereocenters. The van der Waals surface area contributed by atoms with Gasteiger partial charge in [-0.2, -0.15) is 0 Å². The minimum atomic E-state index is -0.206. The molecule has 3 aromatic carbocycles. The summed E-state index contributed by atoms with van der Waals surface area (Å²) in [7, 11) is 0. The molecule has 4 heteroatoms. The summed E-state index contributed by atoms with van der Waals surface area (Å²) in [6.07, 6.45) is 6.57. The first-order valence-corrected chi connectivity index (χ1v) is 13.0. The summed E-state index contributed by atoms with van der Waals surface area (Å²) in [6, 6.07) is 21.2. The molecular weight excluding hydrogens is 437 g/mol. The molecule has 0 bridgehead atoms. The number of nitrogens with zero attached hydrogens (tertiary/aromatic N) is 1. The van der Waals surface area contributed by atoms with E-state index in [2.05, 4.69) is 36.1 Å². The Bertz CT molecular complexity index is 1140. The molecule has 1 aliphatic carbocycles. The predicted molar refractivity (Wildman–Crippen MR) is 139 cm³/mol. The van der Waals surface area contributed by atoms with Crippen LogP contribution in [-0.2, 0) is 18.3 Å². The Morgan fingerprint density at radius 2 is 1.77 bits per heavy atom. The van der Waals surface area contributed by atoms with Crippen molar-refractivity contribution in [3.8, 4) is 11.5 Å². The van der Waals surface area contributed by atoms with Crippen LogP contribution in [0.4, 0.5) is 4.39 Å². The van der Waals surface area contributed by atoms with Gasteiger partial charge in [-0.3, -0.25) is 4.90 Å². The molecule has 3 aromatic rings. The molecule has 184 valence electrons. The molecule has 0 saturated carbocycles. The lowest BCUT2D eigenvalue weighted by Crippen LogP contribution is -2.36. The zero-order valence-corrected chi connectivity index (χ0v) is 20.7. The number of aromatic hydroxyl groups is 1. The van der Waals surface area contributed by atoms with E-state index in [9.17, 15) is 9.50 Å². The number of ether oxygens (including phenoxy) is 1. The van der Waals surface area contributed by atoms with Crippen LogP contribution in [0.5, 0.6) is 11.5 Å². The van der Waals surface area contributed by atoms with Gasteiger partial charge in [0.05, 0.1) is 0 Å². The van der Waals surface area contributed by atoms with Gasteiger partial charge in [-0.1, -0.05) is 49.7 Å². The van der Waals surface area contributed by atoms with Gasteiger partial charge in [-0.15, -0.1) is 0 Å². The standard InChI is InChI=1S/C31H36FNO2/c1-31(25-9-11-26(32)12-10-25)16-15-23-21-27(34)13-14-28(23)29(31)22-24-7-3-4-8-30(24)35-20-19-33-17-5-2-6-18-33/h3-4,7-14,21,29,34H,2,5-6,15-20,22H2,1H3. The Kier molecular flexibility index (Phi) is 7.10. The first-order chi connectivity index (χ1) is 17.0. The summed E-state index contributed by atoms with van der Waals surface area (Å²) in [5.74, 6) is 1.25. The number of rotatable bonds is 7. The lowest BCUT2D eigenvalue weighted by molar-refractivity contribution is 0.182. The molecule has 1 fully saturated rings. The molecule has 0 aromatic heterocycles. The average Bonchev–Trinajstić information content (AvgIpc) is 2.88. The topological polar surface area (TPSA) is 32.7 Å². The minimum absolute atomic E-state index is 0.154. The smallest absolute Gasteiger partial charge is 0.123 e. The number of hydrogen-bond donors (Lipinski definition) is 1. The van der Waals surface area contributed by atoms with Crippen molar-refractivity contribution in [3.05, 3.63) is 94.8 Å². The number of hydrogen-bond acceptors (Lipinski definition) is 3. The largest absolute Gasteiger partial charge is 0.508 e. The van der Waals surface area contributed by atoms with Gasteiger partial charge in [0.25, 0.3) is 0 Å². The third-order valence-electron chi connectivity index (χ3n) is 8.20. The Morgan fingerprint density at radius 3 is 2.57 bits per heavy atom. The van der Waals surface area contributed by atoms with Crippen LogP contribution in [-0.4, -0.2) is 36.2 Å². The number of halogens is 1. The van der Waals surface area contributed by atoms with Crippen molar-refractivity contribution in [1.29, 1.82) is 0 Å². The van der Waals surface area contributed by atoms with Crippen LogP contribution in [0.1, 0.15) is 60.8 Å². The Labute approximate surface area is 208 Å². The summed E-state index contributed by atoms with van der Waals surface area (Å²) in [5.41, 5.74) is 4.68. The van der Waals surface area contributed by atoms with E-state index in [1.54, 1.807) is 18.2 Å². The van der Waals surface area contributed by atoms with Crippen LogP contribution in [0.3, 0.4) is 0 Å². The van der Waals surface area contributed by atoms with Crippen LogP contribution >= 0.6 is 0 Å². The fraction of sp³-hybridized carbons (Fsp3) is 0.419. The highest BCUT2D eigenvalue weighted by molar-refractivity contribution is 5.46. The summed E-state index contributed by atoms with van der Waals surface area (Å²) in [4.78, 5) is 2.50. The molecule has 1 aliphatic heterocycles. The highest BCUT2D eigenvalue weighted by atomic mass is 19.1. The van der Waals surface area contributed by atoms with Crippen LogP contribution in [0, 0.1) is 5.82 Å². The van der Waals surface area contributed by atoms with Gasteiger partial charge >= 0.3 is 0 Å². The molecular formula is C31H36FNO2. The lowest BCUT2D eigenvalue weighted by atomic mass is 9.60. The van der Waals surface area contributed by atoms with E-state index in [0.717, 1.165) is 37.1 Å². The van der Waals surface area contributed by atoms with Crippen molar-refractivity contribution >= 4 is 0 Å². The third-order valence-corrected chi connectivity index (χ3v) is 8.20. The summed E-state index contributed by atoms with van der Waals surface area (Å²) < 4.78 is 20.1. The Balaban J connectivity index is 1.43. The zero-order chi connectivity index (χ0) is 24.3. The molecule has 35 heavy (non-hydrogen) atoms. The summed E-state index contributed by atoms with van der Waals surface area (Å²) in [5, 5.41) is 10.1. The third kappa shape index (κ3) is 5.23. The van der Waals surface area contributed by atoms with Crippen molar-refractivity contribution in [2.45, 2.75) is 56.8 Å². The van der Waals surface area contributed by atoms with Crippen molar-refractivity contribution in [1.82, 2.24) is 4.90 Å². The van der Waals surface area contributed by atoms with Crippen LogP contribution in [0.15, 0.2) is 66.7 Å². The van der Waals surface area contributed by atoms with E-state index < -0.39 is 0 Å².